The molecule has 0 atom stereocenters. The molecule has 2 amide bonds. The lowest BCUT2D eigenvalue weighted by atomic mass is 10.2. The van der Waals surface area contributed by atoms with Crippen molar-refractivity contribution >= 4 is 11.8 Å². The van der Waals surface area contributed by atoms with Gasteiger partial charge in [0, 0.05) is 17.1 Å². The SMILES string of the molecule is CCOc1ccccc1OCC(=O)NNC(=O)c1cc(C)n(-c2ccccc2)c1C. The molecule has 30 heavy (non-hydrogen) atoms. The molecule has 0 saturated heterocycles. The second kappa shape index (κ2) is 9.65. The van der Waals surface area contributed by atoms with Crippen molar-refractivity contribution in [3.05, 3.63) is 77.6 Å². The van der Waals surface area contributed by atoms with Crippen LogP contribution < -0.4 is 20.3 Å². The second-order valence-electron chi connectivity index (χ2n) is 6.63. The van der Waals surface area contributed by atoms with E-state index in [0.717, 1.165) is 17.1 Å². The number of para-hydroxylation sites is 3. The minimum Gasteiger partial charge on any atom is -0.490 e. The summed E-state index contributed by atoms with van der Waals surface area (Å²) in [6.45, 7) is 5.90. The molecule has 2 N–H and O–H groups in total. The Morgan fingerprint density at radius 1 is 0.900 bits per heavy atom. The van der Waals surface area contributed by atoms with Crippen LogP contribution in [0.2, 0.25) is 0 Å². The van der Waals surface area contributed by atoms with Crippen molar-refractivity contribution in [2.75, 3.05) is 13.2 Å². The van der Waals surface area contributed by atoms with Crippen molar-refractivity contribution in [2.24, 2.45) is 0 Å². The molecule has 156 valence electrons. The fraction of sp³-hybridized carbons (Fsp3) is 0.217. The Hall–Kier alpha value is -3.74. The number of carbonyl (C=O) groups is 2. The number of benzene rings is 2. The predicted octanol–water partition coefficient (Wildman–Crippen LogP) is 3.33. The Balaban J connectivity index is 1.59. The number of aryl methyl sites for hydroxylation is 1. The molecule has 0 spiro atoms. The lowest BCUT2D eigenvalue weighted by Gasteiger charge is -2.12. The zero-order valence-corrected chi connectivity index (χ0v) is 17.3. The summed E-state index contributed by atoms with van der Waals surface area (Å²) in [6, 6.07) is 18.7. The molecule has 7 heteroatoms. The Labute approximate surface area is 175 Å². The summed E-state index contributed by atoms with van der Waals surface area (Å²) in [4.78, 5) is 24.7. The van der Waals surface area contributed by atoms with E-state index in [4.69, 9.17) is 9.47 Å². The molecule has 2 aromatic carbocycles. The Bertz CT molecular complexity index is 1030. The van der Waals surface area contributed by atoms with Crippen molar-refractivity contribution in [2.45, 2.75) is 20.8 Å². The van der Waals surface area contributed by atoms with Crippen LogP contribution in [0.4, 0.5) is 0 Å². The van der Waals surface area contributed by atoms with Crippen molar-refractivity contribution < 1.29 is 19.1 Å². The first-order valence-electron chi connectivity index (χ1n) is 9.69. The van der Waals surface area contributed by atoms with Crippen LogP contribution in [0.25, 0.3) is 5.69 Å². The van der Waals surface area contributed by atoms with E-state index in [2.05, 4.69) is 10.9 Å². The summed E-state index contributed by atoms with van der Waals surface area (Å²) >= 11 is 0. The maximum absolute atomic E-state index is 12.6. The van der Waals surface area contributed by atoms with Gasteiger partial charge in [-0.25, -0.2) is 0 Å². The third kappa shape index (κ3) is 4.81. The maximum atomic E-state index is 12.6. The fourth-order valence-corrected chi connectivity index (χ4v) is 3.18. The topological polar surface area (TPSA) is 81.6 Å². The van der Waals surface area contributed by atoms with E-state index in [0.29, 0.717) is 23.7 Å². The van der Waals surface area contributed by atoms with Crippen molar-refractivity contribution in [1.29, 1.82) is 0 Å². The average Bonchev–Trinajstić information content (AvgIpc) is 3.06. The number of nitrogens with one attached hydrogen (secondary N) is 2. The first kappa shape index (κ1) is 21.0. The third-order valence-corrected chi connectivity index (χ3v) is 4.51. The van der Waals surface area contributed by atoms with Crippen molar-refractivity contribution in [3.63, 3.8) is 0 Å². The number of hydrogen-bond acceptors (Lipinski definition) is 4. The molecule has 0 radical (unpaired) electrons. The van der Waals surface area contributed by atoms with Gasteiger partial charge in [0.05, 0.1) is 12.2 Å². The highest BCUT2D eigenvalue weighted by Gasteiger charge is 2.17. The molecule has 0 aliphatic carbocycles. The van der Waals surface area contributed by atoms with Crippen LogP contribution in [0.3, 0.4) is 0 Å². The Kier molecular flexibility index (Phi) is 6.75. The summed E-state index contributed by atoms with van der Waals surface area (Å²) in [6.07, 6.45) is 0. The van der Waals surface area contributed by atoms with Crippen LogP contribution in [0, 0.1) is 13.8 Å². The highest BCUT2D eigenvalue weighted by atomic mass is 16.5. The molecule has 7 nitrogen and oxygen atoms in total. The van der Waals surface area contributed by atoms with Gasteiger partial charge in [-0.3, -0.25) is 20.4 Å². The molecular formula is C23H25N3O4. The van der Waals surface area contributed by atoms with Gasteiger partial charge in [0.2, 0.25) is 0 Å². The lowest BCUT2D eigenvalue weighted by Crippen LogP contribution is -2.44. The smallest absolute Gasteiger partial charge is 0.276 e. The van der Waals surface area contributed by atoms with Crippen LogP contribution >= 0.6 is 0 Å². The van der Waals surface area contributed by atoms with Gasteiger partial charge < -0.3 is 14.0 Å². The molecule has 3 rings (SSSR count). The van der Waals surface area contributed by atoms with E-state index < -0.39 is 11.8 Å². The minimum absolute atomic E-state index is 0.257. The van der Waals surface area contributed by atoms with Crippen LogP contribution in [0.15, 0.2) is 60.7 Å². The fourth-order valence-electron chi connectivity index (χ4n) is 3.18. The van der Waals surface area contributed by atoms with Crippen molar-refractivity contribution in [3.8, 4) is 17.2 Å². The van der Waals surface area contributed by atoms with Gasteiger partial charge in [-0.05, 0) is 51.1 Å². The number of nitrogens with zero attached hydrogens (tertiary/aromatic N) is 1. The molecule has 0 bridgehead atoms. The molecule has 3 aromatic rings. The molecule has 0 unspecified atom stereocenters. The predicted molar refractivity (Wildman–Crippen MR) is 114 cm³/mol. The highest BCUT2D eigenvalue weighted by Crippen LogP contribution is 2.26. The number of rotatable bonds is 7. The number of aromatic nitrogens is 1. The van der Waals surface area contributed by atoms with Gasteiger partial charge in [-0.1, -0.05) is 30.3 Å². The maximum Gasteiger partial charge on any atom is 0.276 e. The van der Waals surface area contributed by atoms with Gasteiger partial charge in [0.15, 0.2) is 18.1 Å². The molecule has 0 aliphatic heterocycles. The molecule has 1 heterocycles. The minimum atomic E-state index is -0.480. The van der Waals surface area contributed by atoms with E-state index in [1.807, 2.05) is 61.7 Å². The third-order valence-electron chi connectivity index (χ3n) is 4.51. The summed E-state index contributed by atoms with van der Waals surface area (Å²) < 4.78 is 13.0. The first-order valence-corrected chi connectivity index (χ1v) is 9.69. The van der Waals surface area contributed by atoms with Crippen LogP contribution in [0.5, 0.6) is 11.5 Å². The number of hydrazine groups is 1. The van der Waals surface area contributed by atoms with E-state index in [1.165, 1.54) is 0 Å². The summed E-state index contributed by atoms with van der Waals surface area (Å²) in [5.74, 6) is 0.150. The van der Waals surface area contributed by atoms with Gasteiger partial charge in [-0.2, -0.15) is 0 Å². The number of carbonyl (C=O) groups excluding carboxylic acids is 2. The average molecular weight is 407 g/mol. The molecule has 1 aromatic heterocycles. The molecule has 0 aliphatic rings. The van der Waals surface area contributed by atoms with Gasteiger partial charge in [0.25, 0.3) is 11.8 Å². The van der Waals surface area contributed by atoms with Crippen LogP contribution in [0.1, 0.15) is 28.7 Å². The molecule has 0 fully saturated rings. The molecular weight excluding hydrogens is 382 g/mol. The van der Waals surface area contributed by atoms with Crippen LogP contribution in [-0.2, 0) is 4.79 Å². The summed E-state index contributed by atoms with van der Waals surface area (Å²) in [5, 5.41) is 0. The van der Waals surface area contributed by atoms with E-state index >= 15 is 0 Å². The van der Waals surface area contributed by atoms with Gasteiger partial charge in [-0.15, -0.1) is 0 Å². The van der Waals surface area contributed by atoms with E-state index in [-0.39, 0.29) is 6.61 Å². The summed E-state index contributed by atoms with van der Waals surface area (Å²) in [7, 11) is 0. The zero-order valence-electron chi connectivity index (χ0n) is 17.3. The van der Waals surface area contributed by atoms with E-state index in [9.17, 15) is 9.59 Å². The lowest BCUT2D eigenvalue weighted by molar-refractivity contribution is -0.123. The zero-order chi connectivity index (χ0) is 21.5. The van der Waals surface area contributed by atoms with Gasteiger partial charge in [0.1, 0.15) is 0 Å². The Morgan fingerprint density at radius 2 is 1.53 bits per heavy atom. The quantitative estimate of drug-likeness (QED) is 0.589. The second-order valence-corrected chi connectivity index (χ2v) is 6.63. The number of ether oxygens (including phenoxy) is 2. The monoisotopic (exact) mass is 407 g/mol. The summed E-state index contributed by atoms with van der Waals surface area (Å²) in [5.41, 5.74) is 7.99. The normalized spacial score (nSPS) is 10.4. The highest BCUT2D eigenvalue weighted by molar-refractivity contribution is 5.97. The largest absolute Gasteiger partial charge is 0.490 e. The Morgan fingerprint density at radius 3 is 2.20 bits per heavy atom. The first-order chi connectivity index (χ1) is 14.5. The number of hydrogen-bond donors (Lipinski definition) is 2. The number of amides is 2. The van der Waals surface area contributed by atoms with Gasteiger partial charge >= 0.3 is 0 Å². The van der Waals surface area contributed by atoms with Crippen LogP contribution in [-0.4, -0.2) is 29.6 Å². The van der Waals surface area contributed by atoms with E-state index in [1.54, 1.807) is 24.3 Å². The standard InChI is InChI=1S/C23H25N3O4/c1-4-29-20-12-8-9-13-21(20)30-15-22(27)24-25-23(28)19-14-16(2)26(17(19)3)18-10-6-5-7-11-18/h5-14H,4,15H2,1-3H3,(H,24,27)(H,25,28). The van der Waals surface area contributed by atoms with Crippen molar-refractivity contribution in [1.82, 2.24) is 15.4 Å². The molecule has 0 saturated carbocycles.